The molecular formula is C9H18N3O+. The molecule has 2 aliphatic rings. The molecule has 2 fully saturated rings. The summed E-state index contributed by atoms with van der Waals surface area (Å²) in [5, 5.41) is 6.49. The van der Waals surface area contributed by atoms with Crippen molar-refractivity contribution in [3.8, 4) is 0 Å². The number of hydrogen-bond donors (Lipinski definition) is 2. The number of piperidine rings is 1. The summed E-state index contributed by atoms with van der Waals surface area (Å²) in [5.74, 6) is 0.189. The third-order valence-corrected chi connectivity index (χ3v) is 3.43. The molecule has 4 heteroatoms. The third kappa shape index (κ3) is 1.25. The van der Waals surface area contributed by atoms with Crippen LogP contribution in [0.2, 0.25) is 0 Å². The summed E-state index contributed by atoms with van der Waals surface area (Å²) in [4.78, 5) is 11.4. The van der Waals surface area contributed by atoms with Crippen molar-refractivity contribution < 1.29 is 9.28 Å². The summed E-state index contributed by atoms with van der Waals surface area (Å²) >= 11 is 0. The van der Waals surface area contributed by atoms with Crippen molar-refractivity contribution in [1.29, 1.82) is 0 Å². The smallest absolute Gasteiger partial charge is 0.280 e. The highest BCUT2D eigenvalue weighted by molar-refractivity contribution is 5.79. The van der Waals surface area contributed by atoms with Crippen molar-refractivity contribution in [1.82, 2.24) is 10.6 Å². The van der Waals surface area contributed by atoms with Crippen LogP contribution in [0.15, 0.2) is 0 Å². The maximum atomic E-state index is 11.4. The molecule has 2 heterocycles. The Morgan fingerprint density at radius 1 is 1.46 bits per heavy atom. The zero-order valence-electron chi connectivity index (χ0n) is 8.39. The lowest BCUT2D eigenvalue weighted by atomic mass is 9.98. The number of nitrogens with zero attached hydrogens (tertiary/aromatic N) is 1. The summed E-state index contributed by atoms with van der Waals surface area (Å²) in [7, 11) is 4.26. The molecule has 1 spiro atoms. The van der Waals surface area contributed by atoms with Crippen molar-refractivity contribution in [3.63, 3.8) is 0 Å². The highest BCUT2D eigenvalue weighted by Crippen LogP contribution is 2.29. The van der Waals surface area contributed by atoms with Crippen molar-refractivity contribution in [2.24, 2.45) is 0 Å². The Bertz CT molecular complexity index is 231. The molecule has 74 valence electrons. The molecular weight excluding hydrogens is 166 g/mol. The maximum absolute atomic E-state index is 11.4. The van der Waals surface area contributed by atoms with Gasteiger partial charge in [0.15, 0.2) is 12.2 Å². The Hall–Kier alpha value is -0.610. The van der Waals surface area contributed by atoms with Gasteiger partial charge in [-0.05, 0) is 13.0 Å². The van der Waals surface area contributed by atoms with Crippen molar-refractivity contribution in [2.45, 2.75) is 18.5 Å². The molecule has 1 unspecified atom stereocenters. The summed E-state index contributed by atoms with van der Waals surface area (Å²) < 4.78 is 0.777. The Balaban J connectivity index is 2.24. The molecule has 2 saturated heterocycles. The predicted octanol–water partition coefficient (Wildman–Crippen LogP) is -0.728. The molecule has 1 amide bonds. The molecule has 13 heavy (non-hydrogen) atoms. The third-order valence-electron chi connectivity index (χ3n) is 3.43. The number of quaternary nitrogens is 1. The Morgan fingerprint density at radius 2 is 2.23 bits per heavy atom. The summed E-state index contributed by atoms with van der Waals surface area (Å²) in [6, 6.07) is 0. The molecule has 2 N–H and O–H groups in total. The molecule has 0 aromatic rings. The molecule has 2 rings (SSSR count). The SMILES string of the molecule is C[N+]1(C)CC(=O)NC12CCCNC2. The molecule has 0 aromatic carbocycles. The van der Waals surface area contributed by atoms with Crippen molar-refractivity contribution in [2.75, 3.05) is 33.7 Å². The van der Waals surface area contributed by atoms with Crippen LogP contribution in [0.5, 0.6) is 0 Å². The number of likely N-dealkylation sites (N-methyl/N-ethyl adjacent to an activating group) is 1. The van der Waals surface area contributed by atoms with Gasteiger partial charge in [-0.15, -0.1) is 0 Å². The Labute approximate surface area is 78.9 Å². The molecule has 1 atom stereocenters. The van der Waals surface area contributed by atoms with Crippen LogP contribution in [0, 0.1) is 0 Å². The number of nitrogens with one attached hydrogen (secondary N) is 2. The molecule has 0 radical (unpaired) electrons. The zero-order chi connectivity index (χ0) is 9.53. The molecule has 0 saturated carbocycles. The van der Waals surface area contributed by atoms with E-state index in [4.69, 9.17) is 0 Å². The number of amides is 1. The van der Waals surface area contributed by atoms with Gasteiger partial charge in [-0.25, -0.2) is 0 Å². The Kier molecular flexibility index (Phi) is 1.85. The summed E-state index contributed by atoms with van der Waals surface area (Å²) in [6.45, 7) is 2.60. The molecule has 0 bridgehead atoms. The van der Waals surface area contributed by atoms with E-state index in [9.17, 15) is 4.79 Å². The minimum Gasteiger partial charge on any atom is -0.309 e. The average Bonchev–Trinajstić information content (AvgIpc) is 2.23. The first-order valence-electron chi connectivity index (χ1n) is 4.91. The monoisotopic (exact) mass is 184 g/mol. The van der Waals surface area contributed by atoms with Crippen LogP contribution in [0.25, 0.3) is 0 Å². The first kappa shape index (κ1) is 8.97. The van der Waals surface area contributed by atoms with Gasteiger partial charge in [0.2, 0.25) is 0 Å². The van der Waals surface area contributed by atoms with E-state index in [0.29, 0.717) is 6.54 Å². The minimum absolute atomic E-state index is 0.0324. The lowest BCUT2D eigenvalue weighted by Crippen LogP contribution is -2.67. The van der Waals surface area contributed by atoms with Gasteiger partial charge in [0.05, 0.1) is 20.6 Å². The highest BCUT2D eigenvalue weighted by Gasteiger charge is 2.53. The number of rotatable bonds is 0. The fourth-order valence-corrected chi connectivity index (χ4v) is 2.47. The zero-order valence-corrected chi connectivity index (χ0v) is 8.39. The minimum atomic E-state index is -0.0324. The second kappa shape index (κ2) is 2.69. The van der Waals surface area contributed by atoms with Crippen LogP contribution in [0.1, 0.15) is 12.8 Å². The average molecular weight is 184 g/mol. The topological polar surface area (TPSA) is 41.1 Å². The Morgan fingerprint density at radius 3 is 2.69 bits per heavy atom. The maximum Gasteiger partial charge on any atom is 0.280 e. The number of carbonyl (C=O) groups is 1. The number of carbonyl (C=O) groups excluding carboxylic acids is 1. The molecule has 0 aliphatic carbocycles. The van der Waals surface area contributed by atoms with E-state index < -0.39 is 0 Å². The second-order valence-corrected chi connectivity index (χ2v) is 4.70. The molecule has 0 aromatic heterocycles. The largest absolute Gasteiger partial charge is 0.309 e. The van der Waals surface area contributed by atoms with Gasteiger partial charge >= 0.3 is 0 Å². The fourth-order valence-electron chi connectivity index (χ4n) is 2.47. The van der Waals surface area contributed by atoms with Crippen LogP contribution < -0.4 is 10.6 Å². The quantitative estimate of drug-likeness (QED) is 0.487. The van der Waals surface area contributed by atoms with Crippen molar-refractivity contribution >= 4 is 5.91 Å². The van der Waals surface area contributed by atoms with Crippen LogP contribution in [-0.2, 0) is 4.79 Å². The van der Waals surface area contributed by atoms with E-state index in [1.807, 2.05) is 0 Å². The second-order valence-electron chi connectivity index (χ2n) is 4.70. The standard InChI is InChI=1S/C9H17N3O/c1-12(2)6-8(13)11-9(12)4-3-5-10-7-9/h10H,3-7H2,1-2H3/p+1. The van der Waals surface area contributed by atoms with Crippen LogP contribution in [-0.4, -0.2) is 49.8 Å². The van der Waals surface area contributed by atoms with E-state index in [2.05, 4.69) is 24.7 Å². The van der Waals surface area contributed by atoms with E-state index in [-0.39, 0.29) is 11.6 Å². The van der Waals surface area contributed by atoms with Gasteiger partial charge in [-0.1, -0.05) is 0 Å². The molecule has 4 nitrogen and oxygen atoms in total. The number of hydrogen-bond acceptors (Lipinski definition) is 2. The van der Waals surface area contributed by atoms with Gasteiger partial charge in [0.25, 0.3) is 5.91 Å². The predicted molar refractivity (Wildman–Crippen MR) is 50.0 cm³/mol. The molecule has 2 aliphatic heterocycles. The normalized spacial score (nSPS) is 37.8. The van der Waals surface area contributed by atoms with Gasteiger partial charge in [-0.3, -0.25) is 14.6 Å². The lowest BCUT2D eigenvalue weighted by molar-refractivity contribution is -0.928. The van der Waals surface area contributed by atoms with Gasteiger partial charge in [-0.2, -0.15) is 0 Å². The highest BCUT2D eigenvalue weighted by atomic mass is 16.2. The van der Waals surface area contributed by atoms with Gasteiger partial charge in [0, 0.05) is 6.42 Å². The summed E-state index contributed by atoms with van der Waals surface area (Å²) in [6.07, 6.45) is 2.25. The van der Waals surface area contributed by atoms with Gasteiger partial charge < -0.3 is 5.32 Å². The van der Waals surface area contributed by atoms with Crippen molar-refractivity contribution in [3.05, 3.63) is 0 Å². The fraction of sp³-hybridized carbons (Fsp3) is 0.889. The van der Waals surface area contributed by atoms with E-state index >= 15 is 0 Å². The first-order valence-corrected chi connectivity index (χ1v) is 4.91. The van der Waals surface area contributed by atoms with Crippen LogP contribution in [0.4, 0.5) is 0 Å². The van der Waals surface area contributed by atoms with Crippen LogP contribution in [0.3, 0.4) is 0 Å². The van der Waals surface area contributed by atoms with Gasteiger partial charge in [0.1, 0.15) is 0 Å². The van der Waals surface area contributed by atoms with Crippen LogP contribution >= 0.6 is 0 Å². The van der Waals surface area contributed by atoms with E-state index in [1.54, 1.807) is 0 Å². The first-order chi connectivity index (χ1) is 6.06. The lowest BCUT2D eigenvalue weighted by Gasteiger charge is -2.44. The summed E-state index contributed by atoms with van der Waals surface area (Å²) in [5.41, 5.74) is -0.0324. The van der Waals surface area contributed by atoms with E-state index in [0.717, 1.165) is 30.4 Å². The van der Waals surface area contributed by atoms with E-state index in [1.165, 1.54) is 0 Å².